The molecule has 0 aliphatic rings. The van der Waals surface area contributed by atoms with Crippen LogP contribution in [0.5, 0.6) is 5.75 Å². The van der Waals surface area contributed by atoms with Gasteiger partial charge in [-0.2, -0.15) is 12.7 Å². The molecule has 0 radical (unpaired) electrons. The molecule has 2 N–H and O–H groups in total. The Balaban J connectivity index is 3.12. The minimum Gasteiger partial charge on any atom is -0.505 e. The fraction of sp³-hybridized carbons (Fsp3) is 0.500. The Kier molecular flexibility index (Phi) is 4.24. The van der Waals surface area contributed by atoms with Crippen LogP contribution in [0.4, 0.5) is 5.69 Å². The zero-order valence-electron chi connectivity index (χ0n) is 11.4. The van der Waals surface area contributed by atoms with Gasteiger partial charge in [-0.3, -0.25) is 4.72 Å². The van der Waals surface area contributed by atoms with Gasteiger partial charge in [-0.15, -0.1) is 0 Å². The lowest BCUT2D eigenvalue weighted by molar-refractivity contribution is 0.413. The van der Waals surface area contributed by atoms with Gasteiger partial charge < -0.3 is 5.11 Å². The van der Waals surface area contributed by atoms with Gasteiger partial charge in [0.05, 0.1) is 5.69 Å². The summed E-state index contributed by atoms with van der Waals surface area (Å²) in [5.41, 5.74) is 1.73. The molecule has 0 heterocycles. The number of aromatic hydroxyl groups is 1. The van der Waals surface area contributed by atoms with Crippen LogP contribution < -0.4 is 4.72 Å². The highest BCUT2D eigenvalue weighted by Gasteiger charge is 2.21. The smallest absolute Gasteiger partial charge is 0.301 e. The van der Waals surface area contributed by atoms with Crippen LogP contribution in [-0.2, 0) is 10.2 Å². The van der Waals surface area contributed by atoms with Crippen LogP contribution in [0.3, 0.4) is 0 Å². The van der Waals surface area contributed by atoms with Crippen LogP contribution in [0.15, 0.2) is 12.1 Å². The first kappa shape index (κ1) is 14.8. The molecule has 0 aliphatic carbocycles. The molecule has 0 aromatic heterocycles. The molecule has 0 aliphatic heterocycles. The quantitative estimate of drug-likeness (QED) is 0.824. The summed E-state index contributed by atoms with van der Waals surface area (Å²) < 4.78 is 27.6. The summed E-state index contributed by atoms with van der Waals surface area (Å²) in [4.78, 5) is 0. The van der Waals surface area contributed by atoms with E-state index in [1.165, 1.54) is 11.4 Å². The van der Waals surface area contributed by atoms with Gasteiger partial charge in [-0.05, 0) is 44.9 Å². The fourth-order valence-electron chi connectivity index (χ4n) is 1.53. The van der Waals surface area contributed by atoms with Gasteiger partial charge >= 0.3 is 10.2 Å². The van der Waals surface area contributed by atoms with Gasteiger partial charge in [0.15, 0.2) is 0 Å². The number of hydrogen-bond donors (Lipinski definition) is 2. The minimum absolute atomic E-state index is 0.0404. The normalized spacial score (nSPS) is 12.2. The Morgan fingerprint density at radius 3 is 2.33 bits per heavy atom. The maximum Gasteiger partial charge on any atom is 0.301 e. The third-order valence-electron chi connectivity index (χ3n) is 2.79. The fourth-order valence-corrected chi connectivity index (χ4v) is 2.66. The van der Waals surface area contributed by atoms with Gasteiger partial charge in [0.2, 0.25) is 0 Å². The molecule has 1 aromatic rings. The number of nitrogens with one attached hydrogen (secondary N) is 1. The lowest BCUT2D eigenvalue weighted by atomic mass is 10.1. The Labute approximate surface area is 109 Å². The Bertz CT molecular complexity index is 538. The van der Waals surface area contributed by atoms with E-state index < -0.39 is 10.2 Å². The summed E-state index contributed by atoms with van der Waals surface area (Å²) in [6.45, 7) is 7.13. The molecule has 0 bridgehead atoms. The molecule has 0 atom stereocenters. The lowest BCUT2D eigenvalue weighted by Gasteiger charge is -2.22. The largest absolute Gasteiger partial charge is 0.505 e. The number of hydrogen-bond acceptors (Lipinski definition) is 3. The van der Waals surface area contributed by atoms with Crippen LogP contribution in [0, 0.1) is 13.8 Å². The number of nitrogens with zero attached hydrogens (tertiary/aromatic N) is 1. The Morgan fingerprint density at radius 2 is 1.83 bits per heavy atom. The van der Waals surface area contributed by atoms with E-state index >= 15 is 0 Å². The third-order valence-corrected chi connectivity index (χ3v) is 4.45. The predicted molar refractivity (Wildman–Crippen MR) is 73.0 cm³/mol. The first-order valence-electron chi connectivity index (χ1n) is 5.71. The van der Waals surface area contributed by atoms with E-state index in [9.17, 15) is 13.5 Å². The van der Waals surface area contributed by atoms with Crippen molar-refractivity contribution < 1.29 is 13.5 Å². The highest BCUT2D eigenvalue weighted by Crippen LogP contribution is 2.29. The second kappa shape index (κ2) is 5.16. The van der Waals surface area contributed by atoms with Crippen molar-refractivity contribution in [2.75, 3.05) is 11.8 Å². The third kappa shape index (κ3) is 3.14. The van der Waals surface area contributed by atoms with Gasteiger partial charge in [0, 0.05) is 13.1 Å². The van der Waals surface area contributed by atoms with Gasteiger partial charge in [-0.1, -0.05) is 6.07 Å². The highest BCUT2D eigenvalue weighted by atomic mass is 32.2. The summed E-state index contributed by atoms with van der Waals surface area (Å²) in [5.74, 6) is -0.0404. The summed E-state index contributed by atoms with van der Waals surface area (Å²) in [6, 6.07) is 3.24. The van der Waals surface area contributed by atoms with E-state index in [2.05, 4.69) is 4.72 Å². The molecule has 0 saturated carbocycles. The van der Waals surface area contributed by atoms with E-state index in [1.807, 2.05) is 6.92 Å². The molecular formula is C12H20N2O3S. The summed E-state index contributed by atoms with van der Waals surface area (Å²) in [7, 11) is -2.15. The highest BCUT2D eigenvalue weighted by molar-refractivity contribution is 7.90. The number of aryl methyl sites for hydroxylation is 2. The van der Waals surface area contributed by atoms with Crippen molar-refractivity contribution in [3.8, 4) is 5.75 Å². The molecule has 18 heavy (non-hydrogen) atoms. The van der Waals surface area contributed by atoms with Gasteiger partial charge in [0.1, 0.15) is 5.75 Å². The van der Waals surface area contributed by atoms with E-state index in [4.69, 9.17) is 0 Å². The molecule has 0 fully saturated rings. The maximum absolute atomic E-state index is 12.0. The van der Waals surface area contributed by atoms with E-state index in [-0.39, 0.29) is 17.5 Å². The number of rotatable bonds is 4. The number of anilines is 1. The van der Waals surface area contributed by atoms with Crippen molar-refractivity contribution in [3.63, 3.8) is 0 Å². The maximum atomic E-state index is 12.0. The summed E-state index contributed by atoms with van der Waals surface area (Å²) >= 11 is 0. The van der Waals surface area contributed by atoms with E-state index in [0.29, 0.717) is 5.56 Å². The van der Waals surface area contributed by atoms with Gasteiger partial charge in [0.25, 0.3) is 0 Å². The average Bonchev–Trinajstić information content (AvgIpc) is 2.23. The number of phenols is 1. The first-order chi connectivity index (χ1) is 8.15. The zero-order chi connectivity index (χ0) is 14.1. The Morgan fingerprint density at radius 1 is 1.28 bits per heavy atom. The molecule has 1 aromatic carbocycles. The molecule has 0 amide bonds. The number of phenolic OH excluding ortho intramolecular Hbond substituents is 1. The molecular weight excluding hydrogens is 252 g/mol. The van der Waals surface area contributed by atoms with Crippen molar-refractivity contribution in [1.29, 1.82) is 0 Å². The molecule has 1 rings (SSSR count). The summed E-state index contributed by atoms with van der Waals surface area (Å²) in [5, 5.41) is 9.86. The molecule has 102 valence electrons. The average molecular weight is 272 g/mol. The SMILES string of the molecule is Cc1cc(C)c(O)c(NS(=O)(=O)N(C)C(C)C)c1. The van der Waals surface area contributed by atoms with E-state index in [1.54, 1.807) is 32.9 Å². The standard InChI is InChI=1S/C12H20N2O3S/c1-8(2)14(5)18(16,17)13-11-7-9(3)6-10(4)12(11)15/h6-8,13,15H,1-5H3. The van der Waals surface area contributed by atoms with Crippen LogP contribution in [-0.4, -0.2) is 30.9 Å². The van der Waals surface area contributed by atoms with Crippen molar-refractivity contribution >= 4 is 15.9 Å². The van der Waals surface area contributed by atoms with Crippen molar-refractivity contribution in [2.24, 2.45) is 0 Å². The van der Waals surface area contributed by atoms with Crippen LogP contribution in [0.1, 0.15) is 25.0 Å². The lowest BCUT2D eigenvalue weighted by Crippen LogP contribution is -2.37. The monoisotopic (exact) mass is 272 g/mol. The zero-order valence-corrected chi connectivity index (χ0v) is 12.2. The molecule has 0 saturated heterocycles. The summed E-state index contributed by atoms with van der Waals surface area (Å²) in [6.07, 6.45) is 0. The Hall–Kier alpha value is -1.27. The number of benzene rings is 1. The van der Waals surface area contributed by atoms with Gasteiger partial charge in [-0.25, -0.2) is 0 Å². The minimum atomic E-state index is -3.65. The molecule has 0 spiro atoms. The van der Waals surface area contributed by atoms with Crippen LogP contribution in [0.2, 0.25) is 0 Å². The second-order valence-corrected chi connectivity index (χ2v) is 6.43. The molecule has 0 unspecified atom stereocenters. The van der Waals surface area contributed by atoms with Crippen molar-refractivity contribution in [2.45, 2.75) is 33.7 Å². The topological polar surface area (TPSA) is 69.6 Å². The van der Waals surface area contributed by atoms with Crippen molar-refractivity contribution in [1.82, 2.24) is 4.31 Å². The first-order valence-corrected chi connectivity index (χ1v) is 7.15. The molecule has 5 nitrogen and oxygen atoms in total. The second-order valence-electron chi connectivity index (χ2n) is 4.70. The van der Waals surface area contributed by atoms with Crippen molar-refractivity contribution in [3.05, 3.63) is 23.3 Å². The van der Waals surface area contributed by atoms with E-state index in [0.717, 1.165) is 5.56 Å². The van der Waals surface area contributed by atoms with Crippen LogP contribution in [0.25, 0.3) is 0 Å². The molecule has 6 heteroatoms. The van der Waals surface area contributed by atoms with Crippen LogP contribution >= 0.6 is 0 Å². The predicted octanol–water partition coefficient (Wildman–Crippen LogP) is 2.01.